The third-order valence-corrected chi connectivity index (χ3v) is 2.83. The maximum absolute atomic E-state index is 12.2. The Morgan fingerprint density at radius 1 is 1.27 bits per heavy atom. The summed E-state index contributed by atoms with van der Waals surface area (Å²) in [5.74, 6) is -2.24. The average molecular weight is 319 g/mol. The van der Waals surface area contributed by atoms with Crippen LogP contribution in [-0.2, 0) is 9.59 Å². The molecule has 0 aromatic heterocycles. The Hall–Kier alpha value is -2.25. The molecule has 0 fully saturated rings. The lowest BCUT2D eigenvalue weighted by Crippen LogP contribution is -2.45. The van der Waals surface area contributed by atoms with Crippen molar-refractivity contribution < 1.29 is 32.6 Å². The molecule has 8 heteroatoms. The molecule has 1 unspecified atom stereocenters. The number of hydrogen-bond acceptors (Lipinski definition) is 3. The van der Waals surface area contributed by atoms with Crippen LogP contribution in [0.5, 0.6) is 5.75 Å². The molecule has 5 nitrogen and oxygen atoms in total. The van der Waals surface area contributed by atoms with Crippen LogP contribution in [0.4, 0.5) is 13.2 Å². The first-order chi connectivity index (χ1) is 10.1. The van der Waals surface area contributed by atoms with Gasteiger partial charge in [0.1, 0.15) is 11.8 Å². The Bertz CT molecular complexity index is 537. The minimum absolute atomic E-state index is 0.445. The summed E-state index contributed by atoms with van der Waals surface area (Å²) < 4.78 is 41.9. The normalized spacial score (nSPS) is 12.6. The SMILES string of the molecule is Cc1cccc(C)c1OCC(=O)NC(CC(F)(F)F)C(=O)O. The van der Waals surface area contributed by atoms with Crippen molar-refractivity contribution in [2.75, 3.05) is 6.61 Å². The smallest absolute Gasteiger partial charge is 0.391 e. The van der Waals surface area contributed by atoms with Crippen molar-refractivity contribution in [2.45, 2.75) is 32.5 Å². The van der Waals surface area contributed by atoms with Gasteiger partial charge in [0.2, 0.25) is 0 Å². The first-order valence-corrected chi connectivity index (χ1v) is 6.38. The summed E-state index contributed by atoms with van der Waals surface area (Å²) in [6.07, 6.45) is -6.33. The molecule has 2 N–H and O–H groups in total. The van der Waals surface area contributed by atoms with Crippen LogP contribution in [0.15, 0.2) is 18.2 Å². The zero-order valence-electron chi connectivity index (χ0n) is 12.0. The van der Waals surface area contributed by atoms with E-state index in [2.05, 4.69) is 0 Å². The number of carbonyl (C=O) groups is 2. The highest BCUT2D eigenvalue weighted by Gasteiger charge is 2.36. The number of nitrogens with one attached hydrogen (secondary N) is 1. The van der Waals surface area contributed by atoms with Crippen LogP contribution in [0.25, 0.3) is 0 Å². The van der Waals surface area contributed by atoms with Gasteiger partial charge >= 0.3 is 12.1 Å². The van der Waals surface area contributed by atoms with Crippen LogP contribution in [0.2, 0.25) is 0 Å². The summed E-state index contributed by atoms with van der Waals surface area (Å²) in [4.78, 5) is 22.3. The van der Waals surface area contributed by atoms with Crippen molar-refractivity contribution in [3.8, 4) is 5.75 Å². The highest BCUT2D eigenvalue weighted by molar-refractivity contribution is 5.84. The van der Waals surface area contributed by atoms with E-state index in [1.54, 1.807) is 37.4 Å². The van der Waals surface area contributed by atoms with E-state index in [0.717, 1.165) is 11.1 Å². The summed E-state index contributed by atoms with van der Waals surface area (Å²) in [6, 6.07) is 3.27. The van der Waals surface area contributed by atoms with Crippen molar-refractivity contribution >= 4 is 11.9 Å². The van der Waals surface area contributed by atoms with Gasteiger partial charge < -0.3 is 15.2 Å². The minimum Gasteiger partial charge on any atom is -0.483 e. The Labute approximate surface area is 125 Å². The second-order valence-electron chi connectivity index (χ2n) is 4.79. The summed E-state index contributed by atoms with van der Waals surface area (Å²) in [5, 5.41) is 10.5. The van der Waals surface area contributed by atoms with Gasteiger partial charge in [0, 0.05) is 0 Å². The fraction of sp³-hybridized carbons (Fsp3) is 0.429. The lowest BCUT2D eigenvalue weighted by molar-refractivity contribution is -0.160. The second kappa shape index (κ2) is 7.15. The van der Waals surface area contributed by atoms with Gasteiger partial charge in [0.15, 0.2) is 6.61 Å². The molecule has 0 aliphatic carbocycles. The van der Waals surface area contributed by atoms with E-state index in [1.165, 1.54) is 0 Å². The molecule has 0 aliphatic rings. The van der Waals surface area contributed by atoms with E-state index in [4.69, 9.17) is 9.84 Å². The predicted octanol–water partition coefficient (Wildman–Crippen LogP) is 2.20. The van der Waals surface area contributed by atoms with Gasteiger partial charge in [-0.2, -0.15) is 13.2 Å². The molecule has 0 saturated heterocycles. The number of carboxylic acid groups (broad SMARTS) is 1. The summed E-state index contributed by atoms with van der Waals surface area (Å²) in [7, 11) is 0. The van der Waals surface area contributed by atoms with E-state index < -0.39 is 37.1 Å². The lowest BCUT2D eigenvalue weighted by Gasteiger charge is -2.17. The molecule has 1 atom stereocenters. The molecule has 1 rings (SSSR count). The zero-order valence-corrected chi connectivity index (χ0v) is 12.0. The lowest BCUT2D eigenvalue weighted by atomic mass is 10.1. The molecule has 0 spiro atoms. The Morgan fingerprint density at radius 2 is 1.82 bits per heavy atom. The molecule has 1 amide bonds. The molecular formula is C14H16F3NO4. The third kappa shape index (κ3) is 5.63. The highest BCUT2D eigenvalue weighted by atomic mass is 19.4. The number of carbonyl (C=O) groups excluding carboxylic acids is 1. The van der Waals surface area contributed by atoms with Crippen LogP contribution in [0, 0.1) is 13.8 Å². The fourth-order valence-electron chi connectivity index (χ4n) is 1.83. The summed E-state index contributed by atoms with van der Waals surface area (Å²) >= 11 is 0. The quantitative estimate of drug-likeness (QED) is 0.843. The highest BCUT2D eigenvalue weighted by Crippen LogP contribution is 2.23. The maximum atomic E-state index is 12.2. The second-order valence-corrected chi connectivity index (χ2v) is 4.79. The van der Waals surface area contributed by atoms with Crippen molar-refractivity contribution in [1.82, 2.24) is 5.32 Å². The molecule has 1 aromatic carbocycles. The molecule has 122 valence electrons. The van der Waals surface area contributed by atoms with Gasteiger partial charge in [0.25, 0.3) is 5.91 Å². The molecule has 0 aliphatic heterocycles. The van der Waals surface area contributed by atoms with Crippen LogP contribution in [0.1, 0.15) is 17.5 Å². The Morgan fingerprint density at radius 3 is 2.27 bits per heavy atom. The molecule has 0 saturated carbocycles. The molecule has 0 bridgehead atoms. The molecule has 22 heavy (non-hydrogen) atoms. The minimum atomic E-state index is -4.69. The number of aryl methyl sites for hydroxylation is 2. The molecule has 0 radical (unpaired) electrons. The van der Waals surface area contributed by atoms with E-state index in [-0.39, 0.29) is 0 Å². The number of hydrogen-bond donors (Lipinski definition) is 2. The average Bonchev–Trinajstić information content (AvgIpc) is 2.35. The van der Waals surface area contributed by atoms with E-state index >= 15 is 0 Å². The van der Waals surface area contributed by atoms with Gasteiger partial charge in [-0.15, -0.1) is 0 Å². The van der Waals surface area contributed by atoms with Crippen LogP contribution in [-0.4, -0.2) is 35.8 Å². The van der Waals surface area contributed by atoms with Gasteiger partial charge in [-0.3, -0.25) is 4.79 Å². The standard InChI is InChI=1S/C14H16F3NO4/c1-8-4-3-5-9(2)12(8)22-7-11(19)18-10(13(20)21)6-14(15,16)17/h3-5,10H,6-7H2,1-2H3,(H,18,19)(H,20,21). The van der Waals surface area contributed by atoms with Gasteiger partial charge in [-0.25, -0.2) is 4.79 Å². The van der Waals surface area contributed by atoms with Crippen molar-refractivity contribution in [1.29, 1.82) is 0 Å². The Kier molecular flexibility index (Phi) is 5.78. The molecule has 1 aromatic rings. The summed E-state index contributed by atoms with van der Waals surface area (Å²) in [5.41, 5.74) is 1.52. The number of rotatable bonds is 6. The van der Waals surface area contributed by atoms with Gasteiger partial charge in [-0.1, -0.05) is 18.2 Å². The van der Waals surface area contributed by atoms with Crippen LogP contribution < -0.4 is 10.1 Å². The predicted molar refractivity (Wildman–Crippen MR) is 71.6 cm³/mol. The van der Waals surface area contributed by atoms with Crippen LogP contribution in [0.3, 0.4) is 0 Å². The number of ether oxygens (including phenoxy) is 1. The van der Waals surface area contributed by atoms with Gasteiger partial charge in [-0.05, 0) is 25.0 Å². The number of amides is 1. The van der Waals surface area contributed by atoms with Crippen molar-refractivity contribution in [3.05, 3.63) is 29.3 Å². The van der Waals surface area contributed by atoms with E-state index in [1.807, 2.05) is 0 Å². The topological polar surface area (TPSA) is 75.6 Å². The molecule has 0 heterocycles. The number of benzene rings is 1. The zero-order chi connectivity index (χ0) is 16.9. The number of alkyl halides is 3. The van der Waals surface area contributed by atoms with Crippen LogP contribution >= 0.6 is 0 Å². The van der Waals surface area contributed by atoms with Crippen molar-refractivity contribution in [3.63, 3.8) is 0 Å². The van der Waals surface area contributed by atoms with Gasteiger partial charge in [0.05, 0.1) is 6.42 Å². The van der Waals surface area contributed by atoms with E-state index in [0.29, 0.717) is 5.75 Å². The largest absolute Gasteiger partial charge is 0.483 e. The van der Waals surface area contributed by atoms with E-state index in [9.17, 15) is 22.8 Å². The van der Waals surface area contributed by atoms with Crippen molar-refractivity contribution in [2.24, 2.45) is 0 Å². The number of halogens is 3. The number of para-hydroxylation sites is 1. The monoisotopic (exact) mass is 319 g/mol. The summed E-state index contributed by atoms with van der Waals surface area (Å²) in [6.45, 7) is 2.95. The Balaban J connectivity index is 2.63. The fourth-order valence-corrected chi connectivity index (χ4v) is 1.83. The molecular weight excluding hydrogens is 303 g/mol. The maximum Gasteiger partial charge on any atom is 0.391 e. The first kappa shape index (κ1) is 17.8. The number of aliphatic carboxylic acids is 1. The first-order valence-electron chi connectivity index (χ1n) is 6.38. The third-order valence-electron chi connectivity index (χ3n) is 2.83. The number of carboxylic acids is 1.